The van der Waals surface area contributed by atoms with E-state index in [4.69, 9.17) is 14.2 Å². The summed E-state index contributed by atoms with van der Waals surface area (Å²) in [6.45, 7) is 5.10. The van der Waals surface area contributed by atoms with Gasteiger partial charge in [-0.1, -0.05) is 0 Å². The minimum atomic E-state index is -0.675. The van der Waals surface area contributed by atoms with Gasteiger partial charge >= 0.3 is 0 Å². The number of nitro benzene ring substituents is 2. The van der Waals surface area contributed by atoms with Crippen LogP contribution in [0.1, 0.15) is 6.92 Å². The summed E-state index contributed by atoms with van der Waals surface area (Å²) in [5.74, 6) is 0. The summed E-state index contributed by atoms with van der Waals surface area (Å²) < 4.78 is 15.7. The number of non-ortho nitro benzene ring substituents is 1. The second-order valence-electron chi connectivity index (χ2n) is 4.56. The van der Waals surface area contributed by atoms with E-state index in [-0.39, 0.29) is 17.1 Å². The molecule has 0 aliphatic rings. The summed E-state index contributed by atoms with van der Waals surface area (Å²) in [7, 11) is 0. The molecule has 0 unspecified atom stereocenters. The van der Waals surface area contributed by atoms with Gasteiger partial charge < -0.3 is 19.5 Å². The lowest BCUT2D eigenvalue weighted by molar-refractivity contribution is -0.393. The Bertz CT molecular complexity index is 539. The Balaban J connectivity index is 2.27. The maximum absolute atomic E-state index is 11.0. The third-order valence-electron chi connectivity index (χ3n) is 2.90. The minimum absolute atomic E-state index is 0.210. The summed E-state index contributed by atoms with van der Waals surface area (Å²) in [6.07, 6.45) is 0. The van der Waals surface area contributed by atoms with E-state index in [0.717, 1.165) is 6.07 Å². The first-order valence-corrected chi connectivity index (χ1v) is 7.46. The van der Waals surface area contributed by atoms with Gasteiger partial charge in [0.1, 0.15) is 5.69 Å². The van der Waals surface area contributed by atoms with E-state index in [9.17, 15) is 20.2 Å². The second kappa shape index (κ2) is 11.3. The van der Waals surface area contributed by atoms with E-state index in [1.54, 1.807) is 0 Å². The highest BCUT2D eigenvalue weighted by molar-refractivity contribution is 5.65. The number of nitro groups is 2. The van der Waals surface area contributed by atoms with Gasteiger partial charge in [-0.3, -0.25) is 20.2 Å². The normalized spacial score (nSPS) is 10.5. The largest absolute Gasteiger partial charge is 0.379 e. The molecule has 0 amide bonds. The number of hydrogen-bond acceptors (Lipinski definition) is 8. The zero-order valence-electron chi connectivity index (χ0n) is 13.4. The van der Waals surface area contributed by atoms with E-state index in [2.05, 4.69) is 5.32 Å². The predicted molar refractivity (Wildman–Crippen MR) is 86.4 cm³/mol. The summed E-state index contributed by atoms with van der Waals surface area (Å²) in [4.78, 5) is 20.3. The predicted octanol–water partition coefficient (Wildman–Crippen LogP) is 1.98. The fourth-order valence-electron chi connectivity index (χ4n) is 1.78. The highest BCUT2D eigenvalue weighted by Gasteiger charge is 2.18. The number of nitrogens with zero attached hydrogens (tertiary/aromatic N) is 2. The number of anilines is 1. The van der Waals surface area contributed by atoms with Crippen molar-refractivity contribution in [2.45, 2.75) is 6.92 Å². The van der Waals surface area contributed by atoms with Crippen LogP contribution < -0.4 is 5.32 Å². The van der Waals surface area contributed by atoms with Gasteiger partial charge in [0.25, 0.3) is 11.4 Å². The molecular weight excluding hydrogens is 322 g/mol. The third kappa shape index (κ3) is 7.31. The summed E-state index contributed by atoms with van der Waals surface area (Å²) in [5.41, 5.74) is -0.460. The van der Waals surface area contributed by atoms with Crippen molar-refractivity contribution < 1.29 is 24.1 Å². The Morgan fingerprint density at radius 1 is 0.958 bits per heavy atom. The zero-order valence-corrected chi connectivity index (χ0v) is 13.4. The quantitative estimate of drug-likeness (QED) is 0.327. The molecule has 10 nitrogen and oxygen atoms in total. The molecule has 1 aromatic rings. The van der Waals surface area contributed by atoms with Crippen LogP contribution in [0.15, 0.2) is 18.2 Å². The monoisotopic (exact) mass is 343 g/mol. The van der Waals surface area contributed by atoms with Crippen molar-refractivity contribution in [3.63, 3.8) is 0 Å². The fraction of sp³-hybridized carbons (Fsp3) is 0.571. The fourth-order valence-corrected chi connectivity index (χ4v) is 1.78. The Hall–Kier alpha value is -2.30. The van der Waals surface area contributed by atoms with Gasteiger partial charge in [0, 0.05) is 19.2 Å². The van der Waals surface area contributed by atoms with Gasteiger partial charge in [0.05, 0.1) is 48.9 Å². The smallest absolute Gasteiger partial charge is 0.299 e. The van der Waals surface area contributed by atoms with Gasteiger partial charge in [0.15, 0.2) is 0 Å². The molecular formula is C14H21N3O7. The molecule has 1 N–H and O–H groups in total. The summed E-state index contributed by atoms with van der Waals surface area (Å²) in [5, 5.41) is 24.4. The lowest BCUT2D eigenvalue weighted by Crippen LogP contribution is -2.14. The van der Waals surface area contributed by atoms with Crippen LogP contribution in [-0.4, -0.2) is 56.0 Å². The maximum Gasteiger partial charge on any atom is 0.299 e. The van der Waals surface area contributed by atoms with Crippen LogP contribution in [0.25, 0.3) is 0 Å². The van der Waals surface area contributed by atoms with Crippen LogP contribution in [0.3, 0.4) is 0 Å². The van der Waals surface area contributed by atoms with Gasteiger partial charge in [-0.05, 0) is 13.0 Å². The Morgan fingerprint density at radius 3 is 2.17 bits per heavy atom. The van der Waals surface area contributed by atoms with Crippen molar-refractivity contribution in [1.29, 1.82) is 0 Å². The number of benzene rings is 1. The lowest BCUT2D eigenvalue weighted by atomic mass is 10.2. The minimum Gasteiger partial charge on any atom is -0.379 e. The van der Waals surface area contributed by atoms with Crippen LogP contribution in [0.5, 0.6) is 0 Å². The molecule has 0 atom stereocenters. The van der Waals surface area contributed by atoms with Crippen molar-refractivity contribution >= 4 is 17.1 Å². The standard InChI is InChI=1S/C14H21N3O7/c1-2-22-7-8-24-10-9-23-6-5-15-13-4-3-12(16(18)19)11-14(13)17(20)21/h3-4,11,15H,2,5-10H2,1H3. The van der Waals surface area contributed by atoms with Crippen molar-refractivity contribution in [3.8, 4) is 0 Å². The molecule has 24 heavy (non-hydrogen) atoms. The van der Waals surface area contributed by atoms with Crippen LogP contribution in [0.2, 0.25) is 0 Å². The molecule has 0 spiro atoms. The molecule has 0 aliphatic carbocycles. The van der Waals surface area contributed by atoms with Crippen LogP contribution >= 0.6 is 0 Å². The number of ether oxygens (including phenoxy) is 3. The van der Waals surface area contributed by atoms with Crippen LogP contribution in [0.4, 0.5) is 17.1 Å². The summed E-state index contributed by atoms with van der Waals surface area (Å²) >= 11 is 0. The molecule has 0 aliphatic heterocycles. The molecule has 1 rings (SSSR count). The second-order valence-corrected chi connectivity index (χ2v) is 4.56. The molecule has 0 bridgehead atoms. The van der Waals surface area contributed by atoms with E-state index in [0.29, 0.717) is 46.2 Å². The summed E-state index contributed by atoms with van der Waals surface area (Å²) in [6, 6.07) is 3.45. The van der Waals surface area contributed by atoms with E-state index in [1.165, 1.54) is 12.1 Å². The topological polar surface area (TPSA) is 126 Å². The van der Waals surface area contributed by atoms with Crippen molar-refractivity contribution in [1.82, 2.24) is 0 Å². The Labute approximate surface area is 139 Å². The SMILES string of the molecule is CCOCCOCCOCCNc1ccc([N+](=O)[O-])cc1[N+](=O)[O-]. The number of hydrogen-bond donors (Lipinski definition) is 1. The molecule has 1 aromatic carbocycles. The van der Waals surface area contributed by atoms with Gasteiger partial charge in [-0.15, -0.1) is 0 Å². The van der Waals surface area contributed by atoms with Gasteiger partial charge in [-0.25, -0.2) is 0 Å². The third-order valence-corrected chi connectivity index (χ3v) is 2.90. The van der Waals surface area contributed by atoms with Gasteiger partial charge in [0.2, 0.25) is 0 Å². The van der Waals surface area contributed by atoms with E-state index >= 15 is 0 Å². The van der Waals surface area contributed by atoms with Gasteiger partial charge in [-0.2, -0.15) is 0 Å². The molecule has 0 aromatic heterocycles. The Morgan fingerprint density at radius 2 is 1.58 bits per heavy atom. The van der Waals surface area contributed by atoms with Crippen LogP contribution in [-0.2, 0) is 14.2 Å². The average molecular weight is 343 g/mol. The average Bonchev–Trinajstić information content (AvgIpc) is 2.56. The first-order valence-electron chi connectivity index (χ1n) is 7.46. The highest BCUT2D eigenvalue weighted by atomic mass is 16.6. The maximum atomic E-state index is 11.0. The van der Waals surface area contributed by atoms with Crippen LogP contribution in [0, 0.1) is 20.2 Å². The first kappa shape index (κ1) is 19.7. The van der Waals surface area contributed by atoms with Crippen molar-refractivity contribution in [2.75, 3.05) is 51.5 Å². The Kier molecular flexibility index (Phi) is 9.27. The molecule has 0 saturated carbocycles. The molecule has 0 radical (unpaired) electrons. The number of nitrogens with one attached hydrogen (secondary N) is 1. The lowest BCUT2D eigenvalue weighted by Gasteiger charge is -2.08. The molecule has 0 saturated heterocycles. The molecule has 0 heterocycles. The van der Waals surface area contributed by atoms with Crippen molar-refractivity contribution in [3.05, 3.63) is 38.4 Å². The molecule has 0 fully saturated rings. The first-order chi connectivity index (χ1) is 11.6. The zero-order chi connectivity index (χ0) is 17.8. The number of rotatable bonds is 13. The van der Waals surface area contributed by atoms with Crippen molar-refractivity contribution in [2.24, 2.45) is 0 Å². The van der Waals surface area contributed by atoms with E-state index < -0.39 is 9.85 Å². The highest BCUT2D eigenvalue weighted by Crippen LogP contribution is 2.28. The van der Waals surface area contributed by atoms with E-state index in [1.807, 2.05) is 6.92 Å². The molecule has 10 heteroatoms. The molecule has 134 valence electrons.